The van der Waals surface area contributed by atoms with Gasteiger partial charge in [0.25, 0.3) is 5.88 Å². The van der Waals surface area contributed by atoms with Crippen LogP contribution in [-0.4, -0.2) is 24.0 Å². The maximum Gasteiger partial charge on any atom is 0.253 e. The fourth-order valence-electron chi connectivity index (χ4n) is 4.85. The molecule has 0 saturated carbocycles. The van der Waals surface area contributed by atoms with Crippen molar-refractivity contribution in [3.63, 3.8) is 0 Å². The predicted molar refractivity (Wildman–Crippen MR) is 149 cm³/mol. The van der Waals surface area contributed by atoms with E-state index in [0.29, 0.717) is 13.2 Å². The molecule has 4 nitrogen and oxygen atoms in total. The van der Waals surface area contributed by atoms with E-state index in [0.717, 1.165) is 33.8 Å². The third kappa shape index (κ3) is 4.65. The zero-order chi connectivity index (χ0) is 24.8. The number of nitrogens with one attached hydrogen (secondary N) is 1. The van der Waals surface area contributed by atoms with E-state index in [1.54, 1.807) is 6.92 Å². The minimum atomic E-state index is -2.53. The lowest BCUT2D eigenvalue weighted by atomic mass is 10.2. The van der Waals surface area contributed by atoms with Crippen LogP contribution in [0.2, 0.25) is 0 Å². The fourth-order valence-corrected chi connectivity index (χ4v) is 9.20. The molecule has 4 aromatic rings. The van der Waals surface area contributed by atoms with E-state index in [4.69, 9.17) is 4.74 Å². The summed E-state index contributed by atoms with van der Waals surface area (Å²) in [5.41, 5.74) is 2.04. The zero-order valence-corrected chi connectivity index (χ0v) is 21.3. The van der Waals surface area contributed by atoms with Gasteiger partial charge in [0, 0.05) is 13.5 Å². The lowest BCUT2D eigenvalue weighted by molar-refractivity contribution is -0.118. The molecule has 5 rings (SSSR count). The van der Waals surface area contributed by atoms with Crippen LogP contribution in [0.5, 0.6) is 0 Å². The van der Waals surface area contributed by atoms with Gasteiger partial charge < -0.3 is 9.64 Å². The average Bonchev–Trinajstić information content (AvgIpc) is 3.38. The number of amides is 1. The number of nitrogens with zero attached hydrogens (tertiary/aromatic N) is 1. The van der Waals surface area contributed by atoms with Crippen LogP contribution < -0.4 is 21.2 Å². The lowest BCUT2D eigenvalue weighted by Gasteiger charge is -2.31. The van der Waals surface area contributed by atoms with Crippen LogP contribution in [0.15, 0.2) is 133 Å². The second-order valence-corrected chi connectivity index (χ2v) is 12.1. The maximum absolute atomic E-state index is 12.8. The van der Waals surface area contributed by atoms with Crippen molar-refractivity contribution in [1.82, 2.24) is 10.2 Å². The summed E-state index contributed by atoms with van der Waals surface area (Å²) in [6, 6.07) is 42.0. The van der Waals surface area contributed by atoms with Crippen molar-refractivity contribution in [2.45, 2.75) is 13.5 Å². The second-order valence-electron chi connectivity index (χ2n) is 8.77. The summed E-state index contributed by atoms with van der Waals surface area (Å²) < 4.78 is 6.39. The number of hydrogen-bond donors (Lipinski definition) is 1. The summed E-state index contributed by atoms with van der Waals surface area (Å²) in [6.07, 6.45) is 0. The molecule has 1 amide bonds. The molecule has 4 aromatic carbocycles. The molecule has 1 saturated heterocycles. The Morgan fingerprint density at radius 3 is 1.64 bits per heavy atom. The topological polar surface area (TPSA) is 41.6 Å². The summed E-state index contributed by atoms with van der Waals surface area (Å²) in [5, 5.41) is 6.78. The molecule has 1 aliphatic rings. The Labute approximate surface area is 213 Å². The van der Waals surface area contributed by atoms with Gasteiger partial charge in [-0.05, 0) is 42.0 Å². The Hall–Kier alpha value is -3.88. The minimum Gasteiger partial charge on any atom is -0.473 e. The smallest absolute Gasteiger partial charge is 0.253 e. The van der Waals surface area contributed by atoms with Gasteiger partial charge >= 0.3 is 0 Å². The first kappa shape index (κ1) is 23.8. The Bertz CT molecular complexity index is 1230. The van der Waals surface area contributed by atoms with E-state index in [2.05, 4.69) is 107 Å². The van der Waals surface area contributed by atoms with E-state index in [9.17, 15) is 4.79 Å². The average molecular weight is 494 g/mol. The van der Waals surface area contributed by atoms with E-state index >= 15 is 0 Å². The van der Waals surface area contributed by atoms with Crippen molar-refractivity contribution in [2.75, 3.05) is 13.2 Å². The number of carbonyl (C=O) groups is 1. The molecular weight excluding hydrogens is 463 g/mol. The van der Waals surface area contributed by atoms with Gasteiger partial charge in [0.15, 0.2) is 7.26 Å². The largest absolute Gasteiger partial charge is 0.473 e. The summed E-state index contributed by atoms with van der Waals surface area (Å²) in [6.45, 7) is 3.61. The number of ether oxygens (including phenoxy) is 1. The molecule has 1 fully saturated rings. The molecule has 1 heterocycles. The van der Waals surface area contributed by atoms with Crippen LogP contribution in [-0.2, 0) is 16.1 Å². The van der Waals surface area contributed by atoms with Gasteiger partial charge in [-0.2, -0.15) is 0 Å². The highest BCUT2D eigenvalue weighted by molar-refractivity contribution is 7.99. The third-order valence-electron chi connectivity index (χ3n) is 6.37. The van der Waals surface area contributed by atoms with Crippen LogP contribution in [0.1, 0.15) is 12.5 Å². The predicted octanol–water partition coefficient (Wildman–Crippen LogP) is 4.78. The Balaban J connectivity index is 1.82. The van der Waals surface area contributed by atoms with Crippen molar-refractivity contribution in [3.05, 3.63) is 138 Å². The Morgan fingerprint density at radius 1 is 0.750 bits per heavy atom. The molecular formula is C31H30N2O2P+. The van der Waals surface area contributed by atoms with E-state index < -0.39 is 7.26 Å². The lowest BCUT2D eigenvalue weighted by Crippen LogP contribution is -2.40. The molecule has 0 unspecified atom stereocenters. The van der Waals surface area contributed by atoms with Crippen molar-refractivity contribution in [3.8, 4) is 0 Å². The van der Waals surface area contributed by atoms with Crippen LogP contribution in [0.25, 0.3) is 0 Å². The van der Waals surface area contributed by atoms with Gasteiger partial charge in [0.05, 0.1) is 6.54 Å². The molecule has 0 radical (unpaired) electrons. The number of benzene rings is 4. The van der Waals surface area contributed by atoms with E-state index in [1.165, 1.54) is 5.56 Å². The summed E-state index contributed by atoms with van der Waals surface area (Å²) >= 11 is 0. The van der Waals surface area contributed by atoms with Gasteiger partial charge in [-0.3, -0.25) is 10.1 Å². The normalized spacial score (nSPS) is 14.8. The van der Waals surface area contributed by atoms with Crippen molar-refractivity contribution in [1.29, 1.82) is 0 Å². The first-order valence-corrected chi connectivity index (χ1v) is 14.0. The van der Waals surface area contributed by atoms with E-state index in [-0.39, 0.29) is 5.91 Å². The molecule has 5 heteroatoms. The highest BCUT2D eigenvalue weighted by Crippen LogP contribution is 2.62. The standard InChI is InChI=1S/C31H29N2O2P/c1-25(34)32-30(31-33(22-23-35-31)24-26-14-6-2-7-15-26)36(27-16-8-3-9-17-27,28-18-10-4-11-19-28)29-20-12-5-13-21-29/h2-21H,22-24H2,1H3/p+1/b31-30-. The SMILES string of the molecule is CC(=O)N/C(=C1/OCCN1Cc1ccccc1)[P+](c1ccccc1)(c1ccccc1)c1ccccc1. The summed E-state index contributed by atoms with van der Waals surface area (Å²) in [4.78, 5) is 15.1. The highest BCUT2D eigenvalue weighted by Gasteiger charge is 2.54. The van der Waals surface area contributed by atoms with Gasteiger partial charge in [0.1, 0.15) is 22.5 Å². The summed E-state index contributed by atoms with van der Waals surface area (Å²) in [5.74, 6) is 0.638. The fraction of sp³-hybridized carbons (Fsp3) is 0.129. The number of carbonyl (C=O) groups excluding carboxylic acids is 1. The molecule has 180 valence electrons. The first-order chi connectivity index (χ1) is 17.7. The van der Waals surface area contributed by atoms with Gasteiger partial charge in [-0.15, -0.1) is 0 Å². The maximum atomic E-state index is 12.8. The Morgan fingerprint density at radius 2 is 1.19 bits per heavy atom. The molecule has 1 aliphatic heterocycles. The van der Waals surface area contributed by atoms with Gasteiger partial charge in [-0.1, -0.05) is 84.9 Å². The molecule has 0 bridgehead atoms. The monoisotopic (exact) mass is 493 g/mol. The first-order valence-electron chi connectivity index (χ1n) is 12.2. The molecule has 0 aromatic heterocycles. The number of hydrogen-bond acceptors (Lipinski definition) is 3. The number of rotatable bonds is 7. The molecule has 0 spiro atoms. The van der Waals surface area contributed by atoms with Crippen LogP contribution >= 0.6 is 7.26 Å². The van der Waals surface area contributed by atoms with Gasteiger partial charge in [0.2, 0.25) is 11.3 Å². The molecule has 0 aliphatic carbocycles. The second kappa shape index (κ2) is 10.8. The van der Waals surface area contributed by atoms with Crippen LogP contribution in [0.4, 0.5) is 0 Å². The van der Waals surface area contributed by atoms with Crippen molar-refractivity contribution < 1.29 is 9.53 Å². The van der Waals surface area contributed by atoms with Crippen LogP contribution in [0.3, 0.4) is 0 Å². The van der Waals surface area contributed by atoms with Crippen LogP contribution in [0, 0.1) is 0 Å². The van der Waals surface area contributed by atoms with E-state index in [1.807, 2.05) is 24.3 Å². The van der Waals surface area contributed by atoms with Gasteiger partial charge in [-0.25, -0.2) is 0 Å². The summed E-state index contributed by atoms with van der Waals surface area (Å²) in [7, 11) is -2.53. The Kier molecular flexibility index (Phi) is 7.16. The zero-order valence-electron chi connectivity index (χ0n) is 20.4. The molecule has 0 atom stereocenters. The molecule has 36 heavy (non-hydrogen) atoms. The minimum absolute atomic E-state index is 0.111. The quantitative estimate of drug-likeness (QED) is 0.377. The van der Waals surface area contributed by atoms with Crippen molar-refractivity contribution in [2.24, 2.45) is 0 Å². The highest BCUT2D eigenvalue weighted by atomic mass is 31.2. The van der Waals surface area contributed by atoms with Crippen molar-refractivity contribution >= 4 is 29.1 Å². The molecule has 1 N–H and O–H groups in total. The third-order valence-corrected chi connectivity index (χ3v) is 10.6.